The van der Waals surface area contributed by atoms with E-state index < -0.39 is 0 Å². The summed E-state index contributed by atoms with van der Waals surface area (Å²) >= 11 is 0. The lowest BCUT2D eigenvalue weighted by Gasteiger charge is -2.39. The van der Waals surface area contributed by atoms with Crippen LogP contribution in [0.4, 0.5) is 11.6 Å². The second kappa shape index (κ2) is 7.19. The van der Waals surface area contributed by atoms with Gasteiger partial charge in [0.05, 0.1) is 5.69 Å². The average Bonchev–Trinajstić information content (AvgIpc) is 3.39. The number of nitrogens with zero attached hydrogens (tertiary/aromatic N) is 8. The summed E-state index contributed by atoms with van der Waals surface area (Å²) in [6.45, 7) is 3.08. The molecule has 4 rings (SSSR count). The molecular weight excluding hydrogens is 328 g/mol. The van der Waals surface area contributed by atoms with Gasteiger partial charge in [0.15, 0.2) is 0 Å². The molecule has 2 fully saturated rings. The monoisotopic (exact) mass is 356 g/mol. The van der Waals surface area contributed by atoms with Gasteiger partial charge in [0.25, 0.3) is 0 Å². The Morgan fingerprint density at radius 3 is 2.35 bits per heavy atom. The third-order valence-electron chi connectivity index (χ3n) is 5.29. The average molecular weight is 356 g/mol. The zero-order chi connectivity index (χ0) is 18.1. The molecule has 0 aromatic carbocycles. The number of aryl methyl sites for hydroxylation is 1. The summed E-state index contributed by atoms with van der Waals surface area (Å²) in [6, 6.07) is 3.34. The maximum Gasteiger partial charge on any atom is 0.134 e. The van der Waals surface area contributed by atoms with E-state index in [-0.39, 0.29) is 0 Å². The molecular formula is C18H28N8. The Morgan fingerprint density at radius 2 is 1.73 bits per heavy atom. The molecule has 0 unspecified atom stereocenters. The van der Waals surface area contributed by atoms with Crippen LogP contribution in [0.25, 0.3) is 0 Å². The van der Waals surface area contributed by atoms with E-state index in [9.17, 15) is 0 Å². The van der Waals surface area contributed by atoms with E-state index in [1.54, 1.807) is 11.0 Å². The number of hydrogen-bond donors (Lipinski definition) is 0. The van der Waals surface area contributed by atoms with Crippen molar-refractivity contribution >= 4 is 11.6 Å². The molecule has 8 heteroatoms. The summed E-state index contributed by atoms with van der Waals surface area (Å²) in [7, 11) is 5.97. The van der Waals surface area contributed by atoms with Crippen LogP contribution in [-0.4, -0.2) is 69.1 Å². The minimum Gasteiger partial charge on any atom is -0.363 e. The number of anilines is 2. The van der Waals surface area contributed by atoms with Crippen LogP contribution < -0.4 is 9.80 Å². The van der Waals surface area contributed by atoms with E-state index in [2.05, 4.69) is 36.1 Å². The lowest BCUT2D eigenvalue weighted by molar-refractivity contribution is 0.198. The number of hydrogen-bond acceptors (Lipinski definition) is 7. The first kappa shape index (κ1) is 17.2. The smallest absolute Gasteiger partial charge is 0.134 e. The van der Waals surface area contributed by atoms with E-state index in [0.29, 0.717) is 12.1 Å². The standard InChI is InChI=1S/C18H28N8/c1-23(2)17-10-18(20-13-19-17)26(15-4-5-15)16-6-8-25(9-7-16)12-14-11-24(3)22-21-14/h10-11,13,15-16H,4-9,12H2,1-3H3. The molecule has 1 aliphatic heterocycles. The molecule has 1 aliphatic carbocycles. The first-order valence-corrected chi connectivity index (χ1v) is 9.45. The highest BCUT2D eigenvalue weighted by Gasteiger charge is 2.36. The number of rotatable bonds is 6. The maximum absolute atomic E-state index is 4.60. The molecule has 140 valence electrons. The SMILES string of the molecule is CN(C)c1cc(N(C2CC2)C2CCN(Cc3cn(C)nn3)CC2)ncn1. The summed E-state index contributed by atoms with van der Waals surface area (Å²) in [5.41, 5.74) is 1.05. The zero-order valence-electron chi connectivity index (χ0n) is 15.9. The van der Waals surface area contributed by atoms with Gasteiger partial charge < -0.3 is 9.80 Å². The van der Waals surface area contributed by atoms with Gasteiger partial charge in [-0.15, -0.1) is 5.10 Å². The normalized spacial score (nSPS) is 18.9. The number of likely N-dealkylation sites (tertiary alicyclic amines) is 1. The summed E-state index contributed by atoms with van der Waals surface area (Å²) in [4.78, 5) is 16.1. The molecule has 0 spiro atoms. The van der Waals surface area contributed by atoms with Gasteiger partial charge in [-0.25, -0.2) is 9.97 Å². The Labute approximate surface area is 154 Å². The van der Waals surface area contributed by atoms with Crippen molar-refractivity contribution in [2.75, 3.05) is 37.0 Å². The molecule has 26 heavy (non-hydrogen) atoms. The lowest BCUT2D eigenvalue weighted by Crippen LogP contribution is -2.46. The third kappa shape index (κ3) is 3.80. The minimum atomic E-state index is 0.561. The van der Waals surface area contributed by atoms with E-state index >= 15 is 0 Å². The van der Waals surface area contributed by atoms with E-state index in [4.69, 9.17) is 0 Å². The van der Waals surface area contributed by atoms with Crippen LogP contribution in [0.2, 0.25) is 0 Å². The fourth-order valence-corrected chi connectivity index (χ4v) is 3.80. The highest BCUT2D eigenvalue weighted by molar-refractivity contribution is 5.51. The van der Waals surface area contributed by atoms with Gasteiger partial charge in [0, 0.05) is 65.1 Å². The van der Waals surface area contributed by atoms with Crippen molar-refractivity contribution in [1.29, 1.82) is 0 Å². The molecule has 0 N–H and O–H groups in total. The molecule has 1 saturated carbocycles. The predicted molar refractivity (Wildman–Crippen MR) is 101 cm³/mol. The summed E-state index contributed by atoms with van der Waals surface area (Å²) < 4.78 is 1.77. The van der Waals surface area contributed by atoms with Crippen molar-refractivity contribution < 1.29 is 0 Å². The van der Waals surface area contributed by atoms with Crippen LogP contribution in [0.15, 0.2) is 18.6 Å². The Morgan fingerprint density at radius 1 is 1.04 bits per heavy atom. The van der Waals surface area contributed by atoms with E-state index in [0.717, 1.165) is 49.8 Å². The van der Waals surface area contributed by atoms with Gasteiger partial charge in [-0.3, -0.25) is 9.58 Å². The molecule has 0 bridgehead atoms. The van der Waals surface area contributed by atoms with Crippen molar-refractivity contribution in [2.45, 2.75) is 44.3 Å². The lowest BCUT2D eigenvalue weighted by atomic mass is 10.0. The third-order valence-corrected chi connectivity index (χ3v) is 5.29. The quantitative estimate of drug-likeness (QED) is 0.773. The minimum absolute atomic E-state index is 0.561. The van der Waals surface area contributed by atoms with E-state index in [1.807, 2.05) is 32.2 Å². The summed E-state index contributed by atoms with van der Waals surface area (Å²) in [5.74, 6) is 2.05. The first-order chi connectivity index (χ1) is 12.6. The Kier molecular flexibility index (Phi) is 4.76. The van der Waals surface area contributed by atoms with Crippen LogP contribution in [0.5, 0.6) is 0 Å². The number of aromatic nitrogens is 5. The molecule has 2 aliphatic rings. The molecule has 3 heterocycles. The molecule has 1 saturated heterocycles. The van der Waals surface area contributed by atoms with Crippen LogP contribution in [-0.2, 0) is 13.6 Å². The summed E-state index contributed by atoms with van der Waals surface area (Å²) in [6.07, 6.45) is 8.59. The molecule has 8 nitrogen and oxygen atoms in total. The second-order valence-corrected chi connectivity index (χ2v) is 7.66. The highest BCUT2D eigenvalue weighted by Crippen LogP contribution is 2.36. The first-order valence-electron chi connectivity index (χ1n) is 9.45. The van der Waals surface area contributed by atoms with Gasteiger partial charge in [0.2, 0.25) is 0 Å². The van der Waals surface area contributed by atoms with Crippen molar-refractivity contribution in [2.24, 2.45) is 7.05 Å². The summed E-state index contributed by atoms with van der Waals surface area (Å²) in [5, 5.41) is 8.25. The van der Waals surface area contributed by atoms with Gasteiger partial charge >= 0.3 is 0 Å². The van der Waals surface area contributed by atoms with Crippen molar-refractivity contribution in [3.8, 4) is 0 Å². The maximum atomic E-state index is 4.60. The molecule has 0 amide bonds. The molecule has 0 atom stereocenters. The Balaban J connectivity index is 1.42. The fraction of sp³-hybridized carbons (Fsp3) is 0.667. The van der Waals surface area contributed by atoms with Crippen molar-refractivity contribution in [3.05, 3.63) is 24.3 Å². The molecule has 0 radical (unpaired) electrons. The van der Waals surface area contributed by atoms with Gasteiger partial charge in [-0.1, -0.05) is 5.21 Å². The van der Waals surface area contributed by atoms with Crippen LogP contribution in [0, 0.1) is 0 Å². The van der Waals surface area contributed by atoms with Gasteiger partial charge in [-0.05, 0) is 25.7 Å². The Bertz CT molecular complexity index is 730. The van der Waals surface area contributed by atoms with Crippen LogP contribution in [0.1, 0.15) is 31.4 Å². The molecule has 2 aromatic rings. The van der Waals surface area contributed by atoms with Crippen molar-refractivity contribution in [1.82, 2.24) is 29.9 Å². The van der Waals surface area contributed by atoms with Crippen LogP contribution in [0.3, 0.4) is 0 Å². The number of piperidine rings is 1. The van der Waals surface area contributed by atoms with Crippen LogP contribution >= 0.6 is 0 Å². The molecule has 2 aromatic heterocycles. The largest absolute Gasteiger partial charge is 0.363 e. The van der Waals surface area contributed by atoms with Gasteiger partial charge in [0.1, 0.15) is 18.0 Å². The second-order valence-electron chi connectivity index (χ2n) is 7.66. The fourth-order valence-electron chi connectivity index (χ4n) is 3.80. The zero-order valence-corrected chi connectivity index (χ0v) is 15.9. The topological polar surface area (TPSA) is 66.2 Å². The van der Waals surface area contributed by atoms with Crippen molar-refractivity contribution in [3.63, 3.8) is 0 Å². The predicted octanol–water partition coefficient (Wildman–Crippen LogP) is 1.30. The van der Waals surface area contributed by atoms with E-state index in [1.165, 1.54) is 12.8 Å². The highest BCUT2D eigenvalue weighted by atomic mass is 15.4. The Hall–Kier alpha value is -2.22. The van der Waals surface area contributed by atoms with Gasteiger partial charge in [-0.2, -0.15) is 0 Å².